The maximum Gasteiger partial charge on any atom is 0.0712 e. The van der Waals surface area contributed by atoms with E-state index in [1.165, 1.54) is 11.1 Å². The van der Waals surface area contributed by atoms with Crippen molar-refractivity contribution < 1.29 is 0 Å². The molecule has 2 nitrogen and oxygen atoms in total. The number of pyridine rings is 1. The minimum absolute atomic E-state index is 0.959. The molecule has 1 heterocycles. The lowest BCUT2D eigenvalue weighted by molar-refractivity contribution is 0.296. The Morgan fingerprint density at radius 1 is 0.708 bits per heavy atom. The van der Waals surface area contributed by atoms with Gasteiger partial charge in [0, 0.05) is 17.7 Å². The smallest absolute Gasteiger partial charge is 0.0712 e. The highest BCUT2D eigenvalue weighted by Gasteiger charge is 2.10. The van der Waals surface area contributed by atoms with Gasteiger partial charge in [0.25, 0.3) is 0 Å². The van der Waals surface area contributed by atoms with Crippen LogP contribution >= 0.6 is 0 Å². The lowest BCUT2D eigenvalue weighted by Gasteiger charge is -2.20. The molecule has 3 rings (SSSR count). The molecule has 0 saturated carbocycles. The number of aromatic nitrogens is 1. The maximum absolute atomic E-state index is 4.91. The van der Waals surface area contributed by atoms with Gasteiger partial charge in [0.1, 0.15) is 0 Å². The Labute approximate surface area is 144 Å². The van der Waals surface area contributed by atoms with Gasteiger partial charge in [0.05, 0.1) is 11.4 Å². The van der Waals surface area contributed by atoms with E-state index in [4.69, 9.17) is 4.98 Å². The molecule has 0 saturated heterocycles. The van der Waals surface area contributed by atoms with Crippen LogP contribution in [0.1, 0.15) is 19.4 Å². The van der Waals surface area contributed by atoms with Crippen LogP contribution < -0.4 is 0 Å². The predicted octanol–water partition coefficient (Wildman–Crippen LogP) is 5.26. The molecule has 2 heteroatoms. The first kappa shape index (κ1) is 16.4. The van der Waals surface area contributed by atoms with Crippen molar-refractivity contribution in [3.63, 3.8) is 0 Å². The van der Waals surface area contributed by atoms with Gasteiger partial charge in [0.15, 0.2) is 0 Å². The first-order valence-electron chi connectivity index (χ1n) is 8.65. The molecular weight excluding hydrogens is 292 g/mol. The SMILES string of the molecule is CCN(CC)Cc1ccccc1-c1cccc(-c2ccccc2)n1. The zero-order chi connectivity index (χ0) is 16.8. The molecule has 3 aromatic rings. The predicted molar refractivity (Wildman–Crippen MR) is 102 cm³/mol. The summed E-state index contributed by atoms with van der Waals surface area (Å²) in [5.74, 6) is 0. The summed E-state index contributed by atoms with van der Waals surface area (Å²) < 4.78 is 0. The van der Waals surface area contributed by atoms with Gasteiger partial charge in [-0.25, -0.2) is 4.98 Å². The molecule has 0 N–H and O–H groups in total. The van der Waals surface area contributed by atoms with Crippen LogP contribution in [0.5, 0.6) is 0 Å². The van der Waals surface area contributed by atoms with Crippen molar-refractivity contribution in [3.05, 3.63) is 78.4 Å². The van der Waals surface area contributed by atoms with Gasteiger partial charge in [-0.15, -0.1) is 0 Å². The fourth-order valence-corrected chi connectivity index (χ4v) is 2.95. The minimum Gasteiger partial charge on any atom is -0.300 e. The monoisotopic (exact) mass is 316 g/mol. The number of hydrogen-bond donors (Lipinski definition) is 0. The second kappa shape index (κ2) is 7.89. The Hall–Kier alpha value is -2.45. The molecule has 24 heavy (non-hydrogen) atoms. The maximum atomic E-state index is 4.91. The molecule has 0 amide bonds. The van der Waals surface area contributed by atoms with E-state index in [1.54, 1.807) is 0 Å². The standard InChI is InChI=1S/C22H24N2/c1-3-24(4-2)17-19-13-8-9-14-20(19)22-16-10-15-21(23-22)18-11-6-5-7-12-18/h5-16H,3-4,17H2,1-2H3. The highest BCUT2D eigenvalue weighted by atomic mass is 15.1. The van der Waals surface area contributed by atoms with Crippen LogP contribution in [0.4, 0.5) is 0 Å². The summed E-state index contributed by atoms with van der Waals surface area (Å²) in [6.45, 7) is 7.49. The van der Waals surface area contributed by atoms with Crippen molar-refractivity contribution in [1.29, 1.82) is 0 Å². The third kappa shape index (κ3) is 3.72. The molecule has 2 aromatic carbocycles. The van der Waals surface area contributed by atoms with E-state index >= 15 is 0 Å². The largest absolute Gasteiger partial charge is 0.300 e. The number of benzene rings is 2. The van der Waals surface area contributed by atoms with E-state index in [0.29, 0.717) is 0 Å². The first-order valence-corrected chi connectivity index (χ1v) is 8.65. The third-order valence-corrected chi connectivity index (χ3v) is 4.40. The summed E-state index contributed by atoms with van der Waals surface area (Å²) in [6.07, 6.45) is 0. The molecule has 0 aliphatic heterocycles. The van der Waals surface area contributed by atoms with Crippen molar-refractivity contribution >= 4 is 0 Å². The zero-order valence-electron chi connectivity index (χ0n) is 14.4. The number of hydrogen-bond acceptors (Lipinski definition) is 2. The fraction of sp³-hybridized carbons (Fsp3) is 0.227. The van der Waals surface area contributed by atoms with Crippen LogP contribution in [-0.2, 0) is 6.54 Å². The second-order valence-electron chi connectivity index (χ2n) is 5.89. The molecule has 0 bridgehead atoms. The number of nitrogens with zero attached hydrogens (tertiary/aromatic N) is 2. The molecular formula is C22H24N2. The Bertz CT molecular complexity index is 777. The summed E-state index contributed by atoms with van der Waals surface area (Å²) in [5.41, 5.74) is 5.77. The summed E-state index contributed by atoms with van der Waals surface area (Å²) in [4.78, 5) is 7.34. The topological polar surface area (TPSA) is 16.1 Å². The Balaban J connectivity index is 1.98. The van der Waals surface area contributed by atoms with Crippen LogP contribution in [0.3, 0.4) is 0 Å². The van der Waals surface area contributed by atoms with E-state index in [0.717, 1.165) is 36.6 Å². The highest BCUT2D eigenvalue weighted by Crippen LogP contribution is 2.26. The van der Waals surface area contributed by atoms with E-state index in [2.05, 4.69) is 85.5 Å². The third-order valence-electron chi connectivity index (χ3n) is 4.40. The summed E-state index contributed by atoms with van der Waals surface area (Å²) >= 11 is 0. The van der Waals surface area contributed by atoms with Gasteiger partial charge >= 0.3 is 0 Å². The van der Waals surface area contributed by atoms with E-state index in [1.807, 2.05) is 6.07 Å². The Kier molecular flexibility index (Phi) is 5.39. The Morgan fingerprint density at radius 2 is 1.38 bits per heavy atom. The fourth-order valence-electron chi connectivity index (χ4n) is 2.95. The summed E-state index contributed by atoms with van der Waals surface area (Å²) in [6, 6.07) is 25.2. The minimum atomic E-state index is 0.959. The summed E-state index contributed by atoms with van der Waals surface area (Å²) in [5, 5.41) is 0. The van der Waals surface area contributed by atoms with Crippen LogP contribution in [0.25, 0.3) is 22.5 Å². The highest BCUT2D eigenvalue weighted by molar-refractivity contribution is 5.68. The first-order chi connectivity index (χ1) is 11.8. The molecule has 0 unspecified atom stereocenters. The van der Waals surface area contributed by atoms with Crippen LogP contribution in [0.15, 0.2) is 72.8 Å². The van der Waals surface area contributed by atoms with Crippen LogP contribution in [0.2, 0.25) is 0 Å². The molecule has 0 aliphatic rings. The molecule has 0 fully saturated rings. The lowest BCUT2D eigenvalue weighted by Crippen LogP contribution is -2.22. The van der Waals surface area contributed by atoms with Crippen molar-refractivity contribution in [3.8, 4) is 22.5 Å². The van der Waals surface area contributed by atoms with Crippen molar-refractivity contribution in [2.24, 2.45) is 0 Å². The van der Waals surface area contributed by atoms with Crippen molar-refractivity contribution in [1.82, 2.24) is 9.88 Å². The summed E-state index contributed by atoms with van der Waals surface area (Å²) in [7, 11) is 0. The van der Waals surface area contributed by atoms with Gasteiger partial charge in [-0.2, -0.15) is 0 Å². The molecule has 0 atom stereocenters. The average Bonchev–Trinajstić information content (AvgIpc) is 2.67. The van der Waals surface area contributed by atoms with Gasteiger partial charge in [-0.1, -0.05) is 74.5 Å². The quantitative estimate of drug-likeness (QED) is 0.617. The lowest BCUT2D eigenvalue weighted by atomic mass is 10.0. The molecule has 0 radical (unpaired) electrons. The van der Waals surface area contributed by atoms with Gasteiger partial charge in [-0.05, 0) is 30.8 Å². The second-order valence-corrected chi connectivity index (χ2v) is 5.89. The average molecular weight is 316 g/mol. The normalized spacial score (nSPS) is 11.0. The molecule has 0 aliphatic carbocycles. The van der Waals surface area contributed by atoms with Gasteiger partial charge < -0.3 is 0 Å². The number of rotatable bonds is 6. The Morgan fingerprint density at radius 3 is 2.12 bits per heavy atom. The van der Waals surface area contributed by atoms with Crippen molar-refractivity contribution in [2.45, 2.75) is 20.4 Å². The van der Waals surface area contributed by atoms with Crippen molar-refractivity contribution in [2.75, 3.05) is 13.1 Å². The molecule has 1 aromatic heterocycles. The van der Waals surface area contributed by atoms with E-state index < -0.39 is 0 Å². The van der Waals surface area contributed by atoms with Gasteiger partial charge in [-0.3, -0.25) is 4.90 Å². The van der Waals surface area contributed by atoms with Gasteiger partial charge in [0.2, 0.25) is 0 Å². The molecule has 0 spiro atoms. The van der Waals surface area contributed by atoms with E-state index in [-0.39, 0.29) is 0 Å². The van der Waals surface area contributed by atoms with E-state index in [9.17, 15) is 0 Å². The van der Waals surface area contributed by atoms with Crippen LogP contribution in [0, 0.1) is 0 Å². The molecule has 122 valence electrons. The van der Waals surface area contributed by atoms with Crippen LogP contribution in [-0.4, -0.2) is 23.0 Å². The zero-order valence-corrected chi connectivity index (χ0v) is 14.4.